The molecule has 0 spiro atoms. The topological polar surface area (TPSA) is 15.6 Å². The van der Waals surface area contributed by atoms with E-state index in [0.717, 1.165) is 11.9 Å². The van der Waals surface area contributed by atoms with Gasteiger partial charge in [0.1, 0.15) is 11.7 Å². The van der Waals surface area contributed by atoms with Gasteiger partial charge in [0, 0.05) is 12.6 Å². The van der Waals surface area contributed by atoms with Crippen LogP contribution in [0.2, 0.25) is 0 Å². The van der Waals surface area contributed by atoms with Crippen LogP contribution in [-0.4, -0.2) is 23.3 Å². The monoisotopic (exact) mass is 198 g/mol. The van der Waals surface area contributed by atoms with Gasteiger partial charge < -0.3 is 4.90 Å². The Labute approximate surface area is 85.8 Å². The Morgan fingerprint density at radius 3 is 2.29 bits per heavy atom. The first-order valence-corrected chi connectivity index (χ1v) is 4.55. The molecular formula is C11H19FN2. The highest BCUT2D eigenvalue weighted by molar-refractivity contribution is 5.80. The Bertz CT molecular complexity index is 259. The average Bonchev–Trinajstić information content (AvgIpc) is 2.10. The highest BCUT2D eigenvalue weighted by Gasteiger charge is 2.17. The molecule has 0 fully saturated rings. The minimum Gasteiger partial charge on any atom is -0.359 e. The van der Waals surface area contributed by atoms with Gasteiger partial charge in [-0.2, -0.15) is 0 Å². The van der Waals surface area contributed by atoms with Crippen LogP contribution in [0.1, 0.15) is 27.7 Å². The second-order valence-electron chi connectivity index (χ2n) is 4.12. The van der Waals surface area contributed by atoms with Crippen molar-refractivity contribution in [3.05, 3.63) is 24.7 Å². The lowest BCUT2D eigenvalue weighted by atomic mass is 10.1. The zero-order valence-corrected chi connectivity index (χ0v) is 9.63. The van der Waals surface area contributed by atoms with E-state index in [1.54, 1.807) is 0 Å². The second-order valence-corrected chi connectivity index (χ2v) is 4.12. The van der Waals surface area contributed by atoms with Gasteiger partial charge in [-0.3, -0.25) is 0 Å². The van der Waals surface area contributed by atoms with Crippen molar-refractivity contribution in [3.63, 3.8) is 0 Å². The summed E-state index contributed by atoms with van der Waals surface area (Å²) in [6.07, 6.45) is 2.30. The maximum absolute atomic E-state index is 12.7. The van der Waals surface area contributed by atoms with Gasteiger partial charge in [0.2, 0.25) is 0 Å². The lowest BCUT2D eigenvalue weighted by Crippen LogP contribution is -2.41. The quantitative estimate of drug-likeness (QED) is 0.378. The van der Waals surface area contributed by atoms with Gasteiger partial charge in [-0.1, -0.05) is 6.58 Å². The highest BCUT2D eigenvalue weighted by Crippen LogP contribution is 2.11. The third-order valence-electron chi connectivity index (χ3n) is 2.06. The number of amidine groups is 1. The minimum absolute atomic E-state index is 0.00786. The first-order valence-electron chi connectivity index (χ1n) is 4.55. The van der Waals surface area contributed by atoms with E-state index in [1.165, 1.54) is 6.20 Å². The van der Waals surface area contributed by atoms with Gasteiger partial charge in [-0.25, -0.2) is 9.38 Å². The van der Waals surface area contributed by atoms with Crippen molar-refractivity contribution in [2.24, 2.45) is 4.99 Å². The standard InChI is InChI=1S/C11H19FN2/c1-7-10(12)8-13-9(2)14(6)11(3,4)5/h7-8H,1H2,2-6H3/b10-8-,13-9?. The van der Waals surface area contributed by atoms with Crippen molar-refractivity contribution in [3.8, 4) is 0 Å². The van der Waals surface area contributed by atoms with Gasteiger partial charge in [0.05, 0.1) is 6.20 Å². The summed E-state index contributed by atoms with van der Waals surface area (Å²) < 4.78 is 12.7. The number of nitrogens with zero attached hydrogens (tertiary/aromatic N) is 2. The lowest BCUT2D eigenvalue weighted by Gasteiger charge is -2.33. The fourth-order valence-electron chi connectivity index (χ4n) is 0.780. The molecule has 3 heteroatoms. The molecule has 0 bridgehead atoms. The molecule has 0 aromatic heterocycles. The number of rotatable bonds is 2. The predicted molar refractivity (Wildman–Crippen MR) is 60.0 cm³/mol. The van der Waals surface area contributed by atoms with Crippen LogP contribution in [0.15, 0.2) is 29.7 Å². The van der Waals surface area contributed by atoms with E-state index in [1.807, 2.05) is 18.9 Å². The van der Waals surface area contributed by atoms with Crippen molar-refractivity contribution in [2.75, 3.05) is 7.05 Å². The molecular weight excluding hydrogens is 179 g/mol. The van der Waals surface area contributed by atoms with Gasteiger partial charge in [-0.05, 0) is 33.8 Å². The zero-order valence-electron chi connectivity index (χ0n) is 9.63. The molecule has 0 amide bonds. The Morgan fingerprint density at radius 1 is 1.43 bits per heavy atom. The normalized spacial score (nSPS) is 14.1. The smallest absolute Gasteiger partial charge is 0.140 e. The van der Waals surface area contributed by atoms with Crippen molar-refractivity contribution >= 4 is 5.84 Å². The second kappa shape index (κ2) is 4.94. The molecule has 0 aromatic rings. The molecule has 0 aromatic carbocycles. The number of halogens is 1. The van der Waals surface area contributed by atoms with E-state index in [-0.39, 0.29) is 5.54 Å². The molecule has 0 radical (unpaired) electrons. The van der Waals surface area contributed by atoms with E-state index in [4.69, 9.17) is 0 Å². The number of hydrogen-bond acceptors (Lipinski definition) is 1. The third-order valence-corrected chi connectivity index (χ3v) is 2.06. The van der Waals surface area contributed by atoms with Crippen LogP contribution in [0.5, 0.6) is 0 Å². The molecule has 0 unspecified atom stereocenters. The molecule has 0 saturated carbocycles. The Morgan fingerprint density at radius 2 is 1.93 bits per heavy atom. The molecule has 80 valence electrons. The summed E-state index contributed by atoms with van der Waals surface area (Å²) in [6, 6.07) is 0. The van der Waals surface area contributed by atoms with Crippen molar-refractivity contribution < 1.29 is 4.39 Å². The van der Waals surface area contributed by atoms with Crippen LogP contribution in [0, 0.1) is 0 Å². The first kappa shape index (κ1) is 12.9. The summed E-state index contributed by atoms with van der Waals surface area (Å²) in [7, 11) is 1.93. The number of aliphatic imine (C=N–C) groups is 1. The molecule has 0 saturated heterocycles. The summed E-state index contributed by atoms with van der Waals surface area (Å²) >= 11 is 0. The fraction of sp³-hybridized carbons (Fsp3) is 0.545. The Kier molecular flexibility index (Phi) is 4.54. The summed E-state index contributed by atoms with van der Waals surface area (Å²) in [5, 5.41) is 0. The molecule has 0 N–H and O–H groups in total. The Hall–Kier alpha value is -1.12. The van der Waals surface area contributed by atoms with Crippen LogP contribution in [0.25, 0.3) is 0 Å². The molecule has 0 atom stereocenters. The molecule has 0 aliphatic carbocycles. The minimum atomic E-state index is -0.424. The number of allylic oxidation sites excluding steroid dienone is 2. The van der Waals surface area contributed by atoms with Gasteiger partial charge in [0.15, 0.2) is 0 Å². The molecule has 0 heterocycles. The zero-order chi connectivity index (χ0) is 11.4. The lowest BCUT2D eigenvalue weighted by molar-refractivity contribution is 0.280. The van der Waals surface area contributed by atoms with Crippen LogP contribution in [0.4, 0.5) is 4.39 Å². The van der Waals surface area contributed by atoms with E-state index in [2.05, 4.69) is 32.3 Å². The maximum Gasteiger partial charge on any atom is 0.140 e. The van der Waals surface area contributed by atoms with Crippen LogP contribution in [-0.2, 0) is 0 Å². The SMILES string of the molecule is C=C/C(F)=C/N=C(C)N(C)C(C)(C)C. The molecule has 0 rings (SSSR count). The van der Waals surface area contributed by atoms with E-state index < -0.39 is 5.83 Å². The summed E-state index contributed by atoms with van der Waals surface area (Å²) in [5.41, 5.74) is -0.00786. The number of hydrogen-bond donors (Lipinski definition) is 0. The summed E-state index contributed by atoms with van der Waals surface area (Å²) in [4.78, 5) is 5.98. The highest BCUT2D eigenvalue weighted by atomic mass is 19.1. The summed E-state index contributed by atoms with van der Waals surface area (Å²) in [5.74, 6) is 0.348. The fourth-order valence-corrected chi connectivity index (χ4v) is 0.780. The van der Waals surface area contributed by atoms with Gasteiger partial charge >= 0.3 is 0 Å². The van der Waals surface area contributed by atoms with Gasteiger partial charge in [0.25, 0.3) is 0 Å². The molecule has 2 nitrogen and oxygen atoms in total. The van der Waals surface area contributed by atoms with Crippen LogP contribution >= 0.6 is 0 Å². The summed E-state index contributed by atoms with van der Waals surface area (Å²) in [6.45, 7) is 11.4. The van der Waals surface area contributed by atoms with Crippen LogP contribution in [0.3, 0.4) is 0 Å². The molecule has 0 aliphatic heterocycles. The predicted octanol–water partition coefficient (Wildman–Crippen LogP) is 3.13. The van der Waals surface area contributed by atoms with E-state index in [0.29, 0.717) is 0 Å². The molecule has 0 aliphatic rings. The Balaban J connectivity index is 4.62. The first-order chi connectivity index (χ1) is 6.29. The largest absolute Gasteiger partial charge is 0.359 e. The van der Waals surface area contributed by atoms with E-state index in [9.17, 15) is 4.39 Å². The van der Waals surface area contributed by atoms with Gasteiger partial charge in [-0.15, -0.1) is 0 Å². The molecule has 14 heavy (non-hydrogen) atoms. The third kappa shape index (κ3) is 4.21. The van der Waals surface area contributed by atoms with Crippen molar-refractivity contribution in [1.29, 1.82) is 0 Å². The van der Waals surface area contributed by atoms with Crippen molar-refractivity contribution in [1.82, 2.24) is 4.90 Å². The van der Waals surface area contributed by atoms with Crippen LogP contribution < -0.4 is 0 Å². The van der Waals surface area contributed by atoms with Crippen molar-refractivity contribution in [2.45, 2.75) is 33.2 Å². The average molecular weight is 198 g/mol. The maximum atomic E-state index is 12.7. The van der Waals surface area contributed by atoms with E-state index >= 15 is 0 Å².